The summed E-state index contributed by atoms with van der Waals surface area (Å²) in [6.45, 7) is 8.04. The number of hydrogen-bond donors (Lipinski definition) is 2. The lowest BCUT2D eigenvalue weighted by Gasteiger charge is -2.26. The maximum Gasteiger partial charge on any atom is 0.243 e. The minimum absolute atomic E-state index is 0.0254. The third-order valence-corrected chi connectivity index (χ3v) is 4.87. The number of rotatable bonds is 9. The summed E-state index contributed by atoms with van der Waals surface area (Å²) >= 11 is 0. The summed E-state index contributed by atoms with van der Waals surface area (Å²) in [6.07, 6.45) is 0.836. The fourth-order valence-electron chi connectivity index (χ4n) is 2.96. The number of ether oxygens (including phenoxy) is 2. The number of aliphatic imine (C=N–C) groups is 1. The summed E-state index contributed by atoms with van der Waals surface area (Å²) in [5.74, 6) is 1.53. The van der Waals surface area contributed by atoms with E-state index >= 15 is 0 Å². The van der Waals surface area contributed by atoms with Crippen LogP contribution in [0.15, 0.2) is 23.2 Å². The summed E-state index contributed by atoms with van der Waals surface area (Å²) in [7, 11) is 5.17. The van der Waals surface area contributed by atoms with Gasteiger partial charge >= 0.3 is 0 Å². The van der Waals surface area contributed by atoms with Crippen molar-refractivity contribution in [3.63, 3.8) is 0 Å². The van der Waals surface area contributed by atoms with Crippen molar-refractivity contribution < 1.29 is 14.3 Å². The zero-order valence-corrected chi connectivity index (χ0v) is 18.2. The molecule has 1 aromatic rings. The molecule has 0 bridgehead atoms. The van der Waals surface area contributed by atoms with Gasteiger partial charge in [-0.2, -0.15) is 0 Å². The quantitative estimate of drug-likeness (QED) is 0.460. The number of carbonyl (C=O) groups is 1. The molecule has 2 N–H and O–H groups in total. The van der Waals surface area contributed by atoms with E-state index in [-0.39, 0.29) is 12.5 Å². The van der Waals surface area contributed by atoms with Gasteiger partial charge in [0.05, 0.1) is 20.3 Å². The van der Waals surface area contributed by atoms with Crippen molar-refractivity contribution in [2.24, 2.45) is 4.99 Å². The Morgan fingerprint density at radius 1 is 1.24 bits per heavy atom. The lowest BCUT2D eigenvalue weighted by Crippen LogP contribution is -2.45. The van der Waals surface area contributed by atoms with E-state index in [9.17, 15) is 4.79 Å². The smallest absolute Gasteiger partial charge is 0.243 e. The minimum Gasteiger partial charge on any atom is -0.496 e. The van der Waals surface area contributed by atoms with Gasteiger partial charge in [0.2, 0.25) is 5.91 Å². The number of aryl methyl sites for hydroxylation is 1. The van der Waals surface area contributed by atoms with Crippen LogP contribution in [0.1, 0.15) is 11.1 Å². The molecule has 0 saturated carbocycles. The van der Waals surface area contributed by atoms with Crippen molar-refractivity contribution in [3.05, 3.63) is 29.3 Å². The fourth-order valence-corrected chi connectivity index (χ4v) is 2.96. The Morgan fingerprint density at radius 3 is 2.66 bits per heavy atom. The predicted molar refractivity (Wildman–Crippen MR) is 116 cm³/mol. The number of nitrogens with one attached hydrogen (secondary N) is 2. The number of guanidine groups is 1. The minimum atomic E-state index is -0.0254. The van der Waals surface area contributed by atoms with Gasteiger partial charge in [0, 0.05) is 46.8 Å². The monoisotopic (exact) mass is 405 g/mol. The van der Waals surface area contributed by atoms with Crippen LogP contribution in [0.4, 0.5) is 0 Å². The molecule has 2 rings (SSSR count). The van der Waals surface area contributed by atoms with Crippen LogP contribution in [-0.2, 0) is 16.0 Å². The molecule has 1 aromatic carbocycles. The van der Waals surface area contributed by atoms with Crippen molar-refractivity contribution in [2.75, 3.05) is 73.7 Å². The number of morpholine rings is 1. The summed E-state index contributed by atoms with van der Waals surface area (Å²) in [5, 5.41) is 6.68. The molecule has 162 valence electrons. The van der Waals surface area contributed by atoms with E-state index < -0.39 is 0 Å². The van der Waals surface area contributed by atoms with Crippen molar-refractivity contribution in [1.82, 2.24) is 20.4 Å². The number of likely N-dealkylation sites (N-methyl/N-ethyl adjacent to an activating group) is 1. The van der Waals surface area contributed by atoms with Crippen LogP contribution < -0.4 is 15.4 Å². The molecule has 1 fully saturated rings. The van der Waals surface area contributed by atoms with E-state index in [1.807, 2.05) is 6.92 Å². The summed E-state index contributed by atoms with van der Waals surface area (Å²) in [6, 6.07) is 6.24. The zero-order chi connectivity index (χ0) is 21.1. The maximum absolute atomic E-state index is 11.9. The molecule has 1 amide bonds. The molecule has 8 nitrogen and oxygen atoms in total. The molecule has 0 radical (unpaired) electrons. The highest BCUT2D eigenvalue weighted by Crippen LogP contribution is 2.18. The van der Waals surface area contributed by atoms with E-state index in [0.29, 0.717) is 12.5 Å². The molecule has 0 spiro atoms. The van der Waals surface area contributed by atoms with Crippen LogP contribution in [0.3, 0.4) is 0 Å². The van der Waals surface area contributed by atoms with Crippen molar-refractivity contribution in [1.29, 1.82) is 0 Å². The lowest BCUT2D eigenvalue weighted by atomic mass is 10.1. The SMILES string of the molecule is COc1cc(CCNC(=NCC(=O)N(C)C)NCCN2CCOCC2)ccc1C. The highest BCUT2D eigenvalue weighted by atomic mass is 16.5. The second-order valence-electron chi connectivity index (χ2n) is 7.31. The highest BCUT2D eigenvalue weighted by molar-refractivity contribution is 5.84. The number of amides is 1. The molecule has 0 atom stereocenters. The molecule has 8 heteroatoms. The molecule has 0 unspecified atom stereocenters. The van der Waals surface area contributed by atoms with Crippen molar-refractivity contribution in [2.45, 2.75) is 13.3 Å². The van der Waals surface area contributed by atoms with E-state index in [2.05, 4.69) is 38.7 Å². The topological polar surface area (TPSA) is 78.4 Å². The van der Waals surface area contributed by atoms with Gasteiger partial charge in [-0.3, -0.25) is 9.69 Å². The van der Waals surface area contributed by atoms with Crippen molar-refractivity contribution in [3.8, 4) is 5.75 Å². The molecule has 1 heterocycles. The van der Waals surface area contributed by atoms with Gasteiger partial charge in [-0.05, 0) is 30.5 Å². The second-order valence-corrected chi connectivity index (χ2v) is 7.31. The van der Waals surface area contributed by atoms with Gasteiger partial charge in [0.25, 0.3) is 0 Å². The van der Waals surface area contributed by atoms with Crippen LogP contribution in [0.25, 0.3) is 0 Å². The largest absolute Gasteiger partial charge is 0.496 e. The molecule has 0 aromatic heterocycles. The average molecular weight is 406 g/mol. The van der Waals surface area contributed by atoms with Crippen molar-refractivity contribution >= 4 is 11.9 Å². The number of carbonyl (C=O) groups excluding carboxylic acids is 1. The number of methoxy groups -OCH3 is 1. The maximum atomic E-state index is 11.9. The van der Waals surface area contributed by atoms with Gasteiger partial charge < -0.3 is 25.0 Å². The average Bonchev–Trinajstić information content (AvgIpc) is 2.73. The summed E-state index contributed by atoms with van der Waals surface area (Å²) in [4.78, 5) is 20.2. The van der Waals surface area contributed by atoms with Gasteiger partial charge in [0.1, 0.15) is 12.3 Å². The number of hydrogen-bond acceptors (Lipinski definition) is 5. The fraction of sp³-hybridized carbons (Fsp3) is 0.619. The Hall–Kier alpha value is -2.32. The molecule has 1 saturated heterocycles. The normalized spacial score (nSPS) is 15.1. The van der Waals surface area contributed by atoms with Gasteiger partial charge in [-0.1, -0.05) is 12.1 Å². The molecule has 29 heavy (non-hydrogen) atoms. The molecule has 1 aliphatic heterocycles. The third kappa shape index (κ3) is 8.29. The Labute approximate surface area is 174 Å². The van der Waals surface area contributed by atoms with Crippen LogP contribution in [0.2, 0.25) is 0 Å². The Kier molecular flexibility index (Phi) is 9.73. The van der Waals surface area contributed by atoms with Crippen LogP contribution in [0.5, 0.6) is 5.75 Å². The Balaban J connectivity index is 1.86. The molecular weight excluding hydrogens is 370 g/mol. The standard InChI is InChI=1S/C21H35N5O3/c1-17-5-6-18(15-19(17)28-4)7-8-22-21(24-16-20(27)25(2)3)23-9-10-26-11-13-29-14-12-26/h5-6,15H,7-14,16H2,1-4H3,(H2,22,23,24). The zero-order valence-electron chi connectivity index (χ0n) is 18.2. The molecule has 1 aliphatic rings. The van der Waals surface area contributed by atoms with Crippen LogP contribution in [0, 0.1) is 6.92 Å². The Bertz CT molecular complexity index is 672. The Morgan fingerprint density at radius 2 is 1.97 bits per heavy atom. The van der Waals surface area contributed by atoms with Crippen LogP contribution in [-0.4, -0.2) is 95.4 Å². The number of nitrogens with zero attached hydrogens (tertiary/aromatic N) is 3. The predicted octanol–water partition coefficient (Wildman–Crippen LogP) is 0.502. The first kappa shape index (κ1) is 23.0. The number of benzene rings is 1. The molecule has 0 aliphatic carbocycles. The highest BCUT2D eigenvalue weighted by Gasteiger charge is 2.10. The van der Waals surface area contributed by atoms with Gasteiger partial charge in [-0.15, -0.1) is 0 Å². The first-order valence-electron chi connectivity index (χ1n) is 10.2. The van der Waals surface area contributed by atoms with E-state index in [4.69, 9.17) is 9.47 Å². The summed E-state index contributed by atoms with van der Waals surface area (Å²) in [5.41, 5.74) is 2.32. The first-order chi connectivity index (χ1) is 14.0. The second kappa shape index (κ2) is 12.3. The van der Waals surface area contributed by atoms with E-state index in [1.165, 1.54) is 5.56 Å². The van der Waals surface area contributed by atoms with E-state index in [0.717, 1.165) is 57.1 Å². The lowest BCUT2D eigenvalue weighted by molar-refractivity contribution is -0.127. The van der Waals surface area contributed by atoms with Crippen LogP contribution >= 0.6 is 0 Å². The molecular formula is C21H35N5O3. The summed E-state index contributed by atoms with van der Waals surface area (Å²) < 4.78 is 10.8. The van der Waals surface area contributed by atoms with Gasteiger partial charge in [-0.25, -0.2) is 4.99 Å². The van der Waals surface area contributed by atoms with Gasteiger partial charge in [0.15, 0.2) is 5.96 Å². The van der Waals surface area contributed by atoms with E-state index in [1.54, 1.807) is 26.1 Å². The third-order valence-electron chi connectivity index (χ3n) is 4.87. The first-order valence-corrected chi connectivity index (χ1v) is 10.2.